The molecular weight excluding hydrogens is 316 g/mol. The Hall–Kier alpha value is -2.22. The van der Waals surface area contributed by atoms with Crippen molar-refractivity contribution in [1.82, 2.24) is 4.72 Å². The van der Waals surface area contributed by atoms with Gasteiger partial charge in [-0.2, -0.15) is 0 Å². The molecule has 2 rings (SSSR count). The Morgan fingerprint density at radius 1 is 1.13 bits per heavy atom. The summed E-state index contributed by atoms with van der Waals surface area (Å²) in [6.07, 6.45) is 0. The predicted molar refractivity (Wildman–Crippen MR) is 87.8 cm³/mol. The van der Waals surface area contributed by atoms with Crippen molar-refractivity contribution in [3.05, 3.63) is 59.7 Å². The van der Waals surface area contributed by atoms with Crippen LogP contribution in [0.4, 0.5) is 5.69 Å². The standard InChI is InChI=1S/C16H18N2O4S/c1-12-11-14(23(21,22)17-9-10-19)7-8-15(12)18-16(20)13-5-3-2-4-6-13/h2-8,11,17,19H,9-10H2,1H3,(H,18,20). The van der Waals surface area contributed by atoms with Crippen LogP contribution in [0.5, 0.6) is 0 Å². The first kappa shape index (κ1) is 17.1. The first-order valence-electron chi connectivity index (χ1n) is 7.01. The van der Waals surface area contributed by atoms with E-state index in [2.05, 4.69) is 10.0 Å². The summed E-state index contributed by atoms with van der Waals surface area (Å²) >= 11 is 0. The van der Waals surface area contributed by atoms with Gasteiger partial charge in [-0.25, -0.2) is 13.1 Å². The third-order valence-electron chi connectivity index (χ3n) is 3.20. The SMILES string of the molecule is Cc1cc(S(=O)(=O)NCCO)ccc1NC(=O)c1ccccc1. The highest BCUT2D eigenvalue weighted by Gasteiger charge is 2.15. The molecule has 0 fully saturated rings. The second kappa shape index (κ2) is 7.36. The van der Waals surface area contributed by atoms with Crippen molar-refractivity contribution in [3.8, 4) is 0 Å². The molecule has 7 heteroatoms. The zero-order valence-electron chi connectivity index (χ0n) is 12.6. The van der Waals surface area contributed by atoms with Gasteiger partial charge in [0.05, 0.1) is 11.5 Å². The fourth-order valence-electron chi connectivity index (χ4n) is 1.99. The van der Waals surface area contributed by atoms with Crippen molar-refractivity contribution in [1.29, 1.82) is 0 Å². The van der Waals surface area contributed by atoms with E-state index in [1.807, 2.05) is 6.07 Å². The monoisotopic (exact) mass is 334 g/mol. The Morgan fingerprint density at radius 3 is 2.43 bits per heavy atom. The van der Waals surface area contributed by atoms with Crippen LogP contribution in [0.25, 0.3) is 0 Å². The van der Waals surface area contributed by atoms with Crippen LogP contribution in [-0.4, -0.2) is 32.6 Å². The van der Waals surface area contributed by atoms with E-state index in [0.29, 0.717) is 16.8 Å². The Morgan fingerprint density at radius 2 is 1.83 bits per heavy atom. The number of aliphatic hydroxyl groups excluding tert-OH is 1. The summed E-state index contributed by atoms with van der Waals surface area (Å²) in [6, 6.07) is 13.2. The number of aliphatic hydroxyl groups is 1. The number of benzene rings is 2. The maximum absolute atomic E-state index is 12.1. The van der Waals surface area contributed by atoms with Crippen molar-refractivity contribution >= 4 is 21.6 Å². The van der Waals surface area contributed by atoms with Crippen LogP contribution in [0.1, 0.15) is 15.9 Å². The van der Waals surface area contributed by atoms with E-state index in [4.69, 9.17) is 5.11 Å². The summed E-state index contributed by atoms with van der Waals surface area (Å²) in [5.74, 6) is -0.261. The highest BCUT2D eigenvalue weighted by molar-refractivity contribution is 7.89. The molecule has 0 saturated carbocycles. The third kappa shape index (κ3) is 4.38. The number of sulfonamides is 1. The van der Waals surface area contributed by atoms with Crippen LogP contribution in [0, 0.1) is 6.92 Å². The first-order valence-corrected chi connectivity index (χ1v) is 8.50. The van der Waals surface area contributed by atoms with E-state index in [1.165, 1.54) is 12.1 Å². The highest BCUT2D eigenvalue weighted by Crippen LogP contribution is 2.20. The molecule has 2 aromatic rings. The quantitative estimate of drug-likeness (QED) is 0.746. The van der Waals surface area contributed by atoms with Gasteiger partial charge < -0.3 is 10.4 Å². The number of nitrogens with one attached hydrogen (secondary N) is 2. The van der Waals surface area contributed by atoms with E-state index < -0.39 is 10.0 Å². The molecule has 1 amide bonds. The lowest BCUT2D eigenvalue weighted by Gasteiger charge is -2.11. The Balaban J connectivity index is 2.18. The third-order valence-corrected chi connectivity index (χ3v) is 4.65. The van der Waals surface area contributed by atoms with Gasteiger partial charge in [0, 0.05) is 17.8 Å². The molecule has 0 saturated heterocycles. The van der Waals surface area contributed by atoms with Gasteiger partial charge in [0.1, 0.15) is 0 Å². The molecule has 6 nitrogen and oxygen atoms in total. The average Bonchev–Trinajstić information content (AvgIpc) is 2.55. The van der Waals surface area contributed by atoms with Crippen molar-refractivity contribution in [2.75, 3.05) is 18.5 Å². The molecule has 0 atom stereocenters. The number of carbonyl (C=O) groups excluding carboxylic acids is 1. The largest absolute Gasteiger partial charge is 0.395 e. The minimum Gasteiger partial charge on any atom is -0.395 e. The molecule has 2 aromatic carbocycles. The van der Waals surface area contributed by atoms with Crippen LogP contribution >= 0.6 is 0 Å². The average molecular weight is 334 g/mol. The molecule has 0 unspecified atom stereocenters. The summed E-state index contributed by atoms with van der Waals surface area (Å²) in [5.41, 5.74) is 1.69. The molecule has 0 aliphatic rings. The minimum atomic E-state index is -3.67. The maximum Gasteiger partial charge on any atom is 0.255 e. The van der Waals surface area contributed by atoms with Crippen LogP contribution in [0.3, 0.4) is 0 Å². The molecule has 0 heterocycles. The topological polar surface area (TPSA) is 95.5 Å². The Labute approximate surface area is 135 Å². The van der Waals surface area contributed by atoms with E-state index in [0.717, 1.165) is 0 Å². The molecular formula is C16H18N2O4S. The molecule has 0 aliphatic carbocycles. The Bertz CT molecular complexity index is 789. The molecule has 0 aromatic heterocycles. The van der Waals surface area contributed by atoms with E-state index in [-0.39, 0.29) is 24.0 Å². The van der Waals surface area contributed by atoms with E-state index >= 15 is 0 Å². The highest BCUT2D eigenvalue weighted by atomic mass is 32.2. The number of amides is 1. The minimum absolute atomic E-state index is 0.0477. The van der Waals surface area contributed by atoms with Crippen LogP contribution in [0.15, 0.2) is 53.4 Å². The zero-order valence-corrected chi connectivity index (χ0v) is 13.4. The summed E-state index contributed by atoms with van der Waals surface area (Å²) in [6.45, 7) is 1.39. The summed E-state index contributed by atoms with van der Waals surface area (Å²) in [7, 11) is -3.67. The zero-order chi connectivity index (χ0) is 16.9. The number of carbonyl (C=O) groups is 1. The van der Waals surface area contributed by atoms with Crippen molar-refractivity contribution in [3.63, 3.8) is 0 Å². The van der Waals surface area contributed by atoms with E-state index in [9.17, 15) is 13.2 Å². The number of rotatable bonds is 6. The van der Waals surface area contributed by atoms with Crippen LogP contribution < -0.4 is 10.0 Å². The Kier molecular flexibility index (Phi) is 5.49. The second-order valence-corrected chi connectivity index (χ2v) is 6.69. The van der Waals surface area contributed by atoms with Gasteiger partial charge in [0.2, 0.25) is 10.0 Å². The molecule has 3 N–H and O–H groups in total. The summed E-state index contributed by atoms with van der Waals surface area (Å²) in [4.78, 5) is 12.2. The van der Waals surface area contributed by atoms with Gasteiger partial charge >= 0.3 is 0 Å². The summed E-state index contributed by atoms with van der Waals surface area (Å²) in [5, 5.41) is 11.5. The lowest BCUT2D eigenvalue weighted by Crippen LogP contribution is -2.26. The van der Waals surface area contributed by atoms with Crippen LogP contribution in [0.2, 0.25) is 0 Å². The van der Waals surface area contributed by atoms with Crippen LogP contribution in [-0.2, 0) is 10.0 Å². The van der Waals surface area contributed by atoms with Gasteiger partial charge in [-0.05, 0) is 42.8 Å². The predicted octanol–water partition coefficient (Wildman–Crippen LogP) is 1.52. The van der Waals surface area contributed by atoms with Crippen molar-refractivity contribution in [2.45, 2.75) is 11.8 Å². The lowest BCUT2D eigenvalue weighted by molar-refractivity contribution is 0.102. The van der Waals surface area contributed by atoms with Crippen molar-refractivity contribution in [2.24, 2.45) is 0 Å². The van der Waals surface area contributed by atoms with Gasteiger partial charge in [0.25, 0.3) is 5.91 Å². The molecule has 0 radical (unpaired) electrons. The van der Waals surface area contributed by atoms with E-state index in [1.54, 1.807) is 37.3 Å². The summed E-state index contributed by atoms with van der Waals surface area (Å²) < 4.78 is 26.3. The molecule has 0 aliphatic heterocycles. The first-order chi connectivity index (χ1) is 10.9. The smallest absolute Gasteiger partial charge is 0.255 e. The van der Waals surface area contributed by atoms with Gasteiger partial charge in [-0.15, -0.1) is 0 Å². The molecule has 0 spiro atoms. The van der Waals surface area contributed by atoms with Gasteiger partial charge in [-0.1, -0.05) is 18.2 Å². The number of aryl methyl sites for hydroxylation is 1. The fourth-order valence-corrected chi connectivity index (χ4v) is 3.10. The fraction of sp³-hybridized carbons (Fsp3) is 0.188. The molecule has 23 heavy (non-hydrogen) atoms. The maximum atomic E-state index is 12.1. The molecule has 122 valence electrons. The number of hydrogen-bond donors (Lipinski definition) is 3. The van der Waals surface area contributed by atoms with Gasteiger partial charge in [-0.3, -0.25) is 4.79 Å². The normalized spacial score (nSPS) is 11.2. The number of hydrogen-bond acceptors (Lipinski definition) is 4. The number of anilines is 1. The second-order valence-electron chi connectivity index (χ2n) is 4.92. The van der Waals surface area contributed by atoms with Crippen molar-refractivity contribution < 1.29 is 18.3 Å². The van der Waals surface area contributed by atoms with Gasteiger partial charge in [0.15, 0.2) is 0 Å². The molecule has 0 bridgehead atoms. The lowest BCUT2D eigenvalue weighted by atomic mass is 10.1.